The number of piperidine rings is 1. The quantitative estimate of drug-likeness (QED) is 0.682. The molecular weight excluding hydrogens is 254 g/mol. The Morgan fingerprint density at radius 3 is 2.45 bits per heavy atom. The molecule has 20 heavy (non-hydrogen) atoms. The van der Waals surface area contributed by atoms with Gasteiger partial charge in [0.25, 0.3) is 0 Å². The maximum absolute atomic E-state index is 12.2. The van der Waals surface area contributed by atoms with Crippen LogP contribution >= 0.6 is 0 Å². The molecule has 2 atom stereocenters. The zero-order chi connectivity index (χ0) is 15.2. The van der Waals surface area contributed by atoms with Crippen LogP contribution in [0.5, 0.6) is 0 Å². The molecule has 0 N–H and O–H groups in total. The highest BCUT2D eigenvalue weighted by atomic mass is 16.6. The van der Waals surface area contributed by atoms with Crippen LogP contribution in [0.1, 0.15) is 60.8 Å². The molecule has 2 aliphatic heterocycles. The summed E-state index contributed by atoms with van der Waals surface area (Å²) in [6.07, 6.45) is 2.93. The number of hydrogen-bond donors (Lipinski definition) is 0. The molecular formula is C16H29NO3. The highest BCUT2D eigenvalue weighted by molar-refractivity contribution is 5.68. The van der Waals surface area contributed by atoms with Gasteiger partial charge in [0.1, 0.15) is 5.60 Å². The molecule has 2 rings (SSSR count). The van der Waals surface area contributed by atoms with E-state index in [1.165, 1.54) is 0 Å². The fourth-order valence-corrected chi connectivity index (χ4v) is 3.65. The first-order valence-electron chi connectivity index (χ1n) is 7.66. The molecule has 4 heteroatoms. The first kappa shape index (κ1) is 15.6. The lowest BCUT2D eigenvalue weighted by Gasteiger charge is -2.43. The van der Waals surface area contributed by atoms with Crippen molar-refractivity contribution < 1.29 is 14.3 Å². The van der Waals surface area contributed by atoms with E-state index in [1.54, 1.807) is 0 Å². The summed E-state index contributed by atoms with van der Waals surface area (Å²) >= 11 is 0. The third-order valence-corrected chi connectivity index (χ3v) is 4.34. The number of nitrogens with zero attached hydrogens (tertiary/aromatic N) is 1. The maximum atomic E-state index is 12.2. The maximum Gasteiger partial charge on any atom is 0.410 e. The van der Waals surface area contributed by atoms with Crippen LogP contribution in [-0.4, -0.2) is 41.4 Å². The Bertz CT molecular complexity index is 386. The van der Waals surface area contributed by atoms with Gasteiger partial charge < -0.3 is 14.4 Å². The fourth-order valence-electron chi connectivity index (χ4n) is 3.65. The van der Waals surface area contributed by atoms with E-state index in [0.717, 1.165) is 32.4 Å². The number of carbonyl (C=O) groups excluding carboxylic acids is 1. The lowest BCUT2D eigenvalue weighted by Crippen LogP contribution is -2.50. The molecule has 0 bridgehead atoms. The Morgan fingerprint density at radius 1 is 1.35 bits per heavy atom. The third-order valence-electron chi connectivity index (χ3n) is 4.34. The van der Waals surface area contributed by atoms with Gasteiger partial charge in [-0.05, 0) is 60.8 Å². The monoisotopic (exact) mass is 283 g/mol. The predicted molar refractivity (Wildman–Crippen MR) is 78.7 cm³/mol. The van der Waals surface area contributed by atoms with Crippen molar-refractivity contribution in [2.24, 2.45) is 5.41 Å². The molecule has 2 fully saturated rings. The lowest BCUT2D eigenvalue weighted by atomic mass is 9.72. The molecule has 1 amide bonds. The van der Waals surface area contributed by atoms with E-state index in [2.05, 4.69) is 20.8 Å². The van der Waals surface area contributed by atoms with Crippen molar-refractivity contribution >= 4 is 6.09 Å². The third kappa shape index (κ3) is 3.46. The largest absolute Gasteiger partial charge is 0.444 e. The van der Waals surface area contributed by atoms with Crippen molar-refractivity contribution in [2.75, 3.05) is 13.2 Å². The normalized spacial score (nSPS) is 33.5. The Hall–Kier alpha value is -0.770. The summed E-state index contributed by atoms with van der Waals surface area (Å²) in [6.45, 7) is 13.8. The molecule has 0 unspecified atom stereocenters. The van der Waals surface area contributed by atoms with E-state index in [4.69, 9.17) is 9.47 Å². The molecule has 0 aromatic carbocycles. The summed E-state index contributed by atoms with van der Waals surface area (Å²) in [6, 6.07) is 0.219. The number of ether oxygens (including phenoxy) is 2. The van der Waals surface area contributed by atoms with Gasteiger partial charge in [-0.3, -0.25) is 0 Å². The van der Waals surface area contributed by atoms with Crippen molar-refractivity contribution in [1.29, 1.82) is 0 Å². The van der Waals surface area contributed by atoms with Gasteiger partial charge in [0.2, 0.25) is 0 Å². The molecule has 0 saturated carbocycles. The highest BCUT2D eigenvalue weighted by Gasteiger charge is 2.48. The van der Waals surface area contributed by atoms with Crippen LogP contribution < -0.4 is 0 Å². The lowest BCUT2D eigenvalue weighted by molar-refractivity contribution is -0.00973. The van der Waals surface area contributed by atoms with E-state index >= 15 is 0 Å². The van der Waals surface area contributed by atoms with E-state index in [0.29, 0.717) is 0 Å². The fraction of sp³-hybridized carbons (Fsp3) is 0.938. The summed E-state index contributed by atoms with van der Waals surface area (Å²) in [7, 11) is 0. The average Bonchev–Trinajstić information content (AvgIpc) is 2.51. The molecule has 0 aliphatic carbocycles. The van der Waals surface area contributed by atoms with Crippen molar-refractivity contribution in [3.05, 3.63) is 0 Å². The Morgan fingerprint density at radius 2 is 2.00 bits per heavy atom. The topological polar surface area (TPSA) is 38.8 Å². The molecule has 2 aliphatic rings. The van der Waals surface area contributed by atoms with Crippen LogP contribution in [0.25, 0.3) is 0 Å². The Balaban J connectivity index is 1.98. The summed E-state index contributed by atoms with van der Waals surface area (Å²) in [4.78, 5) is 14.1. The molecule has 1 spiro atoms. The number of carbonyl (C=O) groups is 1. The summed E-state index contributed by atoms with van der Waals surface area (Å²) in [5.41, 5.74) is -0.195. The Kier molecular flexibility index (Phi) is 3.83. The SMILES string of the molecule is C[C@@H]1C[C@@]2(CCN1C(=O)OC(C)(C)C)COC(C)(C)C2. The van der Waals surface area contributed by atoms with Crippen molar-refractivity contribution in [1.82, 2.24) is 4.90 Å². The van der Waals surface area contributed by atoms with E-state index < -0.39 is 5.60 Å². The van der Waals surface area contributed by atoms with Gasteiger partial charge in [0, 0.05) is 18.0 Å². The second kappa shape index (κ2) is 4.90. The van der Waals surface area contributed by atoms with Crippen molar-refractivity contribution in [3.63, 3.8) is 0 Å². The van der Waals surface area contributed by atoms with Gasteiger partial charge in [-0.15, -0.1) is 0 Å². The van der Waals surface area contributed by atoms with Crippen LogP contribution in [-0.2, 0) is 9.47 Å². The van der Waals surface area contributed by atoms with Gasteiger partial charge in [-0.2, -0.15) is 0 Å². The van der Waals surface area contributed by atoms with Gasteiger partial charge in [-0.25, -0.2) is 4.79 Å². The molecule has 4 nitrogen and oxygen atoms in total. The van der Waals surface area contributed by atoms with Crippen molar-refractivity contribution in [3.8, 4) is 0 Å². The van der Waals surface area contributed by atoms with E-state index in [9.17, 15) is 4.79 Å². The minimum atomic E-state index is -0.426. The first-order chi connectivity index (χ1) is 9.02. The summed E-state index contributed by atoms with van der Waals surface area (Å²) in [5, 5.41) is 0. The smallest absolute Gasteiger partial charge is 0.410 e. The number of likely N-dealkylation sites (tertiary alicyclic amines) is 1. The molecule has 116 valence electrons. The van der Waals surface area contributed by atoms with Crippen molar-refractivity contribution in [2.45, 2.75) is 78.0 Å². The second-order valence-corrected chi connectivity index (χ2v) is 8.20. The minimum absolute atomic E-state index is 0.0200. The van der Waals surface area contributed by atoms with Gasteiger partial charge in [0.15, 0.2) is 0 Å². The van der Waals surface area contributed by atoms with Gasteiger partial charge >= 0.3 is 6.09 Å². The first-order valence-corrected chi connectivity index (χ1v) is 7.66. The molecule has 0 aromatic rings. The summed E-state index contributed by atoms with van der Waals surface area (Å²) in [5.74, 6) is 0. The van der Waals surface area contributed by atoms with Crippen LogP contribution in [0.4, 0.5) is 4.79 Å². The van der Waals surface area contributed by atoms with E-state index in [1.807, 2.05) is 25.7 Å². The molecule has 2 heterocycles. The average molecular weight is 283 g/mol. The Labute approximate surface area is 122 Å². The van der Waals surface area contributed by atoms with Crippen LogP contribution in [0.3, 0.4) is 0 Å². The minimum Gasteiger partial charge on any atom is -0.444 e. The van der Waals surface area contributed by atoms with Crippen LogP contribution in [0.2, 0.25) is 0 Å². The number of amides is 1. The standard InChI is InChI=1S/C16H29NO3/c1-12-9-16(10-15(5,6)19-11-16)7-8-17(12)13(18)20-14(2,3)4/h12H,7-11H2,1-6H3/t12-,16-/m1/s1. The second-order valence-electron chi connectivity index (χ2n) is 8.20. The zero-order valence-electron chi connectivity index (χ0n) is 13.8. The highest BCUT2D eigenvalue weighted by Crippen LogP contribution is 2.47. The van der Waals surface area contributed by atoms with Gasteiger partial charge in [0.05, 0.1) is 12.2 Å². The number of hydrogen-bond acceptors (Lipinski definition) is 3. The number of rotatable bonds is 0. The van der Waals surface area contributed by atoms with Gasteiger partial charge in [-0.1, -0.05) is 0 Å². The molecule has 0 radical (unpaired) electrons. The van der Waals surface area contributed by atoms with Crippen LogP contribution in [0, 0.1) is 5.41 Å². The predicted octanol–water partition coefficient (Wildman–Crippen LogP) is 3.59. The van der Waals surface area contributed by atoms with E-state index in [-0.39, 0.29) is 23.2 Å². The summed E-state index contributed by atoms with van der Waals surface area (Å²) < 4.78 is 11.4. The molecule has 0 aromatic heterocycles. The molecule has 2 saturated heterocycles. The van der Waals surface area contributed by atoms with Crippen LogP contribution in [0.15, 0.2) is 0 Å². The zero-order valence-corrected chi connectivity index (χ0v) is 13.8.